The summed E-state index contributed by atoms with van der Waals surface area (Å²) >= 11 is 6.01. The van der Waals surface area contributed by atoms with Crippen molar-refractivity contribution in [2.24, 2.45) is 0 Å². The van der Waals surface area contributed by atoms with Crippen molar-refractivity contribution in [3.8, 4) is 11.4 Å². The van der Waals surface area contributed by atoms with Crippen LogP contribution in [-0.2, 0) is 0 Å². The fourth-order valence-electron chi connectivity index (χ4n) is 6.72. The van der Waals surface area contributed by atoms with Crippen LogP contribution in [0, 0.1) is 13.8 Å². The third-order valence-corrected chi connectivity index (χ3v) is 9.16. The second-order valence-electron chi connectivity index (χ2n) is 11.4. The monoisotopic (exact) mass is 579 g/mol. The molecular weight excluding hydrogens is 538 g/mol. The largest absolute Gasteiger partial charge is 0.490 e. The fourth-order valence-corrected chi connectivity index (χ4v) is 7.06. The summed E-state index contributed by atoms with van der Waals surface area (Å²) in [6.45, 7) is 10.8. The summed E-state index contributed by atoms with van der Waals surface area (Å²) < 4.78 is 8.62. The molecule has 0 unspecified atom stereocenters. The maximum atomic E-state index is 6.26. The van der Waals surface area contributed by atoms with E-state index < -0.39 is 0 Å². The van der Waals surface area contributed by atoms with Crippen molar-refractivity contribution in [1.82, 2.24) is 14.9 Å². The van der Waals surface area contributed by atoms with Gasteiger partial charge in [-0.1, -0.05) is 6.07 Å². The number of anilines is 2. The Hall–Kier alpha value is -3.84. The van der Waals surface area contributed by atoms with Crippen LogP contribution in [-0.4, -0.2) is 33.9 Å². The number of aromatic nitrogens is 2. The molecule has 2 fully saturated rings. The number of benzene rings is 2. The van der Waals surface area contributed by atoms with Crippen LogP contribution in [0.4, 0.5) is 11.4 Å². The van der Waals surface area contributed by atoms with E-state index in [-0.39, 0.29) is 12.1 Å². The Morgan fingerprint density at radius 2 is 1.62 bits per heavy atom. The first-order valence-electron chi connectivity index (χ1n) is 15.3. The van der Waals surface area contributed by atoms with Crippen LogP contribution in [0.1, 0.15) is 74.3 Å². The SMILES string of the molecule is CCN(CC)c1ccc(-n2c(C)cc([C@H]3[C@H](c4ccccn4)NC(=S)N3c3ccc(OC4CCCC4)cc3)c2C)cc1. The summed E-state index contributed by atoms with van der Waals surface area (Å²) in [5.41, 5.74) is 8.05. The van der Waals surface area contributed by atoms with Gasteiger partial charge in [-0.25, -0.2) is 0 Å². The molecule has 2 atom stereocenters. The van der Waals surface area contributed by atoms with E-state index in [1.165, 1.54) is 35.5 Å². The van der Waals surface area contributed by atoms with Gasteiger partial charge in [-0.3, -0.25) is 4.98 Å². The Morgan fingerprint density at radius 3 is 2.26 bits per heavy atom. The van der Waals surface area contributed by atoms with Crippen LogP contribution in [0.15, 0.2) is 79.0 Å². The van der Waals surface area contributed by atoms with Crippen LogP contribution in [0.3, 0.4) is 0 Å². The third kappa shape index (κ3) is 5.38. The van der Waals surface area contributed by atoms with E-state index in [0.717, 1.165) is 48.7 Å². The highest BCUT2D eigenvalue weighted by Crippen LogP contribution is 2.44. The highest BCUT2D eigenvalue weighted by molar-refractivity contribution is 7.80. The number of rotatable bonds is 9. The standard InChI is InChI=1S/C35H41N5OS/c1-5-38(6-2)26-14-16-27(17-15-26)39-24(3)23-31(25(39)4)34-33(32-13-9-10-22-36-32)37-35(42)40(34)28-18-20-30(21-19-28)41-29-11-7-8-12-29/h9-10,13-23,29,33-34H,5-8,11-12H2,1-4H3,(H,37,42)/t33-,34-/m0/s1. The zero-order chi connectivity index (χ0) is 29.2. The molecule has 0 amide bonds. The molecule has 0 spiro atoms. The quantitative estimate of drug-likeness (QED) is 0.204. The van der Waals surface area contributed by atoms with Crippen molar-refractivity contribution >= 4 is 28.7 Å². The zero-order valence-electron chi connectivity index (χ0n) is 25.1. The molecule has 1 saturated heterocycles. The van der Waals surface area contributed by atoms with E-state index in [1.54, 1.807) is 0 Å². The second kappa shape index (κ2) is 12.2. The van der Waals surface area contributed by atoms with E-state index in [2.05, 4.69) is 108 Å². The predicted octanol–water partition coefficient (Wildman–Crippen LogP) is 7.83. The highest BCUT2D eigenvalue weighted by atomic mass is 32.1. The molecule has 1 aliphatic heterocycles. The Kier molecular flexibility index (Phi) is 8.20. The topological polar surface area (TPSA) is 45.6 Å². The molecule has 1 saturated carbocycles. The summed E-state index contributed by atoms with van der Waals surface area (Å²) in [5, 5.41) is 4.32. The van der Waals surface area contributed by atoms with Crippen LogP contribution < -0.4 is 19.9 Å². The Morgan fingerprint density at radius 1 is 0.929 bits per heavy atom. The molecule has 2 aliphatic rings. The van der Waals surface area contributed by atoms with Gasteiger partial charge in [0, 0.05) is 47.7 Å². The Labute approximate surface area is 255 Å². The Bertz CT molecular complexity index is 1510. The molecule has 2 aromatic carbocycles. The number of thiocarbonyl (C=S) groups is 1. The molecule has 0 bridgehead atoms. The van der Waals surface area contributed by atoms with Gasteiger partial charge >= 0.3 is 0 Å². The number of hydrogen-bond donors (Lipinski definition) is 1. The molecule has 0 radical (unpaired) electrons. The van der Waals surface area contributed by atoms with Crippen molar-refractivity contribution < 1.29 is 4.74 Å². The fraction of sp³-hybridized carbons (Fsp3) is 0.371. The first-order valence-corrected chi connectivity index (χ1v) is 15.7. The molecule has 218 valence electrons. The third-order valence-electron chi connectivity index (χ3n) is 8.84. The number of ether oxygens (including phenoxy) is 1. The molecule has 1 aliphatic carbocycles. The number of pyridine rings is 1. The van der Waals surface area contributed by atoms with Crippen LogP contribution in [0.2, 0.25) is 0 Å². The average molecular weight is 580 g/mol. The van der Waals surface area contributed by atoms with Crippen molar-refractivity contribution in [3.63, 3.8) is 0 Å². The summed E-state index contributed by atoms with van der Waals surface area (Å²) in [6, 6.07) is 25.6. The molecule has 1 N–H and O–H groups in total. The lowest BCUT2D eigenvalue weighted by Gasteiger charge is -2.28. The van der Waals surface area contributed by atoms with Gasteiger partial charge in [0.2, 0.25) is 0 Å². The van der Waals surface area contributed by atoms with E-state index >= 15 is 0 Å². The molecule has 6 rings (SSSR count). The average Bonchev–Trinajstić information content (AvgIpc) is 3.72. The molecule has 3 heterocycles. The van der Waals surface area contributed by atoms with Gasteiger partial charge < -0.3 is 24.4 Å². The number of nitrogens with zero attached hydrogens (tertiary/aromatic N) is 4. The van der Waals surface area contributed by atoms with Crippen molar-refractivity contribution in [2.75, 3.05) is 22.9 Å². The lowest BCUT2D eigenvalue weighted by molar-refractivity contribution is 0.210. The van der Waals surface area contributed by atoms with Gasteiger partial charge in [-0.05, 0) is 138 Å². The summed E-state index contributed by atoms with van der Waals surface area (Å²) in [7, 11) is 0. The van der Waals surface area contributed by atoms with Crippen molar-refractivity contribution in [3.05, 3.63) is 102 Å². The molecule has 6 nitrogen and oxygen atoms in total. The minimum Gasteiger partial charge on any atom is -0.490 e. The highest BCUT2D eigenvalue weighted by Gasteiger charge is 2.42. The predicted molar refractivity (Wildman–Crippen MR) is 176 cm³/mol. The van der Waals surface area contributed by atoms with E-state index in [9.17, 15) is 0 Å². The van der Waals surface area contributed by atoms with Gasteiger partial charge in [-0.15, -0.1) is 0 Å². The number of hydrogen-bond acceptors (Lipinski definition) is 4. The van der Waals surface area contributed by atoms with Crippen molar-refractivity contribution in [1.29, 1.82) is 0 Å². The second-order valence-corrected chi connectivity index (χ2v) is 11.8. The summed E-state index contributed by atoms with van der Waals surface area (Å²) in [4.78, 5) is 9.37. The number of nitrogens with one attached hydrogen (secondary N) is 1. The van der Waals surface area contributed by atoms with E-state index in [1.807, 2.05) is 18.3 Å². The lowest BCUT2D eigenvalue weighted by Crippen LogP contribution is -2.29. The smallest absolute Gasteiger partial charge is 0.174 e. The minimum absolute atomic E-state index is 0.0658. The van der Waals surface area contributed by atoms with E-state index in [4.69, 9.17) is 21.9 Å². The van der Waals surface area contributed by atoms with Crippen molar-refractivity contribution in [2.45, 2.75) is 71.6 Å². The van der Waals surface area contributed by atoms with Crippen LogP contribution in [0.5, 0.6) is 5.75 Å². The normalized spacial score (nSPS) is 18.9. The van der Waals surface area contributed by atoms with E-state index in [0.29, 0.717) is 11.2 Å². The molecule has 7 heteroatoms. The Balaban J connectivity index is 1.38. The van der Waals surface area contributed by atoms with Crippen LogP contribution >= 0.6 is 12.2 Å². The molecule has 2 aromatic heterocycles. The molecule has 42 heavy (non-hydrogen) atoms. The lowest BCUT2D eigenvalue weighted by atomic mass is 9.96. The van der Waals surface area contributed by atoms with Gasteiger partial charge in [-0.2, -0.15) is 0 Å². The van der Waals surface area contributed by atoms with Crippen LogP contribution in [0.25, 0.3) is 5.69 Å². The summed E-state index contributed by atoms with van der Waals surface area (Å²) in [6.07, 6.45) is 6.98. The number of aryl methyl sites for hydroxylation is 1. The molecular formula is C35H41N5OS. The molecule has 4 aromatic rings. The minimum atomic E-state index is -0.0906. The van der Waals surface area contributed by atoms with Gasteiger partial charge in [0.15, 0.2) is 5.11 Å². The van der Waals surface area contributed by atoms with Gasteiger partial charge in [0.25, 0.3) is 0 Å². The maximum Gasteiger partial charge on any atom is 0.174 e. The van der Waals surface area contributed by atoms with Gasteiger partial charge in [0.05, 0.1) is 23.9 Å². The maximum absolute atomic E-state index is 6.26. The van der Waals surface area contributed by atoms with Gasteiger partial charge in [0.1, 0.15) is 5.75 Å². The summed E-state index contributed by atoms with van der Waals surface area (Å²) in [5.74, 6) is 0.924. The first kappa shape index (κ1) is 28.3. The first-order chi connectivity index (χ1) is 20.5. The zero-order valence-corrected chi connectivity index (χ0v) is 25.9.